The molecule has 4 aromatic heterocycles. The van der Waals surface area contributed by atoms with Crippen LogP contribution in [0.3, 0.4) is 0 Å². The van der Waals surface area contributed by atoms with Crippen LogP contribution in [0, 0.1) is 6.92 Å². The monoisotopic (exact) mass is 632 g/mol. The van der Waals surface area contributed by atoms with E-state index in [1.807, 2.05) is 73.1 Å². The lowest BCUT2D eigenvalue weighted by molar-refractivity contribution is 0.309. The third kappa shape index (κ3) is 8.52. The second-order valence-corrected chi connectivity index (χ2v) is 11.8. The van der Waals surface area contributed by atoms with Gasteiger partial charge in [-0.25, -0.2) is 19.9 Å². The van der Waals surface area contributed by atoms with Crippen molar-refractivity contribution >= 4 is 22.3 Å². The molecule has 47 heavy (non-hydrogen) atoms. The number of nitrogens with zero attached hydrogens (tertiary/aromatic N) is 6. The third-order valence-electron chi connectivity index (χ3n) is 8.05. The van der Waals surface area contributed by atoms with E-state index in [1.165, 1.54) is 0 Å². The predicted octanol–water partition coefficient (Wildman–Crippen LogP) is 5.65. The summed E-state index contributed by atoms with van der Waals surface area (Å²) in [6, 6.07) is 24.1. The van der Waals surface area contributed by atoms with Gasteiger partial charge in [0.05, 0.1) is 13.2 Å². The van der Waals surface area contributed by atoms with E-state index in [0.29, 0.717) is 26.3 Å². The Kier molecular flexibility index (Phi) is 11.1. The molecule has 2 aromatic carbocycles. The largest absolute Gasteiger partial charge is 0.494 e. The zero-order valence-electron chi connectivity index (χ0n) is 27.1. The van der Waals surface area contributed by atoms with Crippen LogP contribution in [0.2, 0.25) is 0 Å². The van der Waals surface area contributed by atoms with Crippen molar-refractivity contribution in [3.63, 3.8) is 0 Å². The number of nitrogens with one attached hydrogen (secondary N) is 1. The van der Waals surface area contributed by atoms with Gasteiger partial charge in [0.25, 0.3) is 0 Å². The minimum absolute atomic E-state index is 0.536. The fraction of sp³-hybridized carbons (Fsp3) is 0.351. The number of nitrogens with two attached hydrogens (primary N) is 1. The van der Waals surface area contributed by atoms with E-state index >= 15 is 0 Å². The smallest absolute Gasteiger partial charge is 0.160 e. The molecule has 0 aliphatic rings. The minimum atomic E-state index is 0.536. The first-order valence-corrected chi connectivity index (χ1v) is 16.6. The fourth-order valence-electron chi connectivity index (χ4n) is 5.80. The summed E-state index contributed by atoms with van der Waals surface area (Å²) in [7, 11) is 0. The van der Waals surface area contributed by atoms with E-state index < -0.39 is 0 Å². The van der Waals surface area contributed by atoms with E-state index in [4.69, 9.17) is 35.1 Å². The molecule has 3 N–H and O–H groups in total. The second-order valence-electron chi connectivity index (χ2n) is 11.8. The Morgan fingerprint density at radius 1 is 0.702 bits per heavy atom. The number of hydrogen-bond acceptors (Lipinski definition) is 8. The van der Waals surface area contributed by atoms with Crippen molar-refractivity contribution in [3.8, 4) is 11.5 Å². The summed E-state index contributed by atoms with van der Waals surface area (Å²) in [4.78, 5) is 19.4. The van der Waals surface area contributed by atoms with E-state index in [9.17, 15) is 0 Å². The molecular formula is C37H44N8O2. The minimum Gasteiger partial charge on any atom is -0.494 e. The lowest BCUT2D eigenvalue weighted by atomic mass is 10.2. The number of aromatic nitrogens is 6. The maximum absolute atomic E-state index is 5.94. The zero-order valence-corrected chi connectivity index (χ0v) is 27.1. The Labute approximate surface area is 276 Å². The van der Waals surface area contributed by atoms with Crippen LogP contribution in [0.25, 0.3) is 22.3 Å². The molecule has 0 radical (unpaired) electrons. The van der Waals surface area contributed by atoms with Crippen LogP contribution in [-0.4, -0.2) is 55.4 Å². The quantitative estimate of drug-likeness (QED) is 0.117. The standard InChI is InChI=1S/C37H44N8O2/c1-28-23-32-36(40-25-28)44(34(42-32)15-8-21-46-30-11-4-2-5-12-30)19-10-18-39-26-29-24-33-37(41-27-29)45(20-17-38)35(43-33)16-9-22-47-31-13-6-3-7-14-31/h2-7,11-14,23-25,27,39H,8-10,15-22,26,38H2,1H3. The van der Waals surface area contributed by atoms with Gasteiger partial charge in [0.2, 0.25) is 0 Å². The molecule has 0 unspecified atom stereocenters. The van der Waals surface area contributed by atoms with Crippen molar-refractivity contribution in [2.75, 3.05) is 26.3 Å². The summed E-state index contributed by atoms with van der Waals surface area (Å²) < 4.78 is 16.2. The van der Waals surface area contributed by atoms with Crippen molar-refractivity contribution in [3.05, 3.63) is 108 Å². The Bertz CT molecular complexity index is 1850. The summed E-state index contributed by atoms with van der Waals surface area (Å²) in [5, 5.41) is 3.59. The number of rotatable bonds is 18. The first-order valence-electron chi connectivity index (χ1n) is 16.6. The number of benzene rings is 2. The third-order valence-corrected chi connectivity index (χ3v) is 8.05. The summed E-state index contributed by atoms with van der Waals surface area (Å²) in [5.74, 6) is 3.84. The molecule has 0 amide bonds. The average Bonchev–Trinajstić information content (AvgIpc) is 3.62. The molecule has 10 heteroatoms. The normalized spacial score (nSPS) is 11.4. The topological polar surface area (TPSA) is 118 Å². The van der Waals surface area contributed by atoms with Crippen LogP contribution >= 0.6 is 0 Å². The van der Waals surface area contributed by atoms with E-state index in [2.05, 4.69) is 33.5 Å². The number of ether oxygens (including phenoxy) is 2. The molecule has 4 heterocycles. The first-order chi connectivity index (χ1) is 23.2. The summed E-state index contributed by atoms with van der Waals surface area (Å²) >= 11 is 0. The summed E-state index contributed by atoms with van der Waals surface area (Å²) in [6.45, 7) is 6.98. The number of imidazole rings is 2. The van der Waals surface area contributed by atoms with Crippen LogP contribution in [0.5, 0.6) is 11.5 Å². The highest BCUT2D eigenvalue weighted by atomic mass is 16.5. The molecule has 6 rings (SSSR count). The molecule has 0 aliphatic heterocycles. The first kappa shape index (κ1) is 32.2. The van der Waals surface area contributed by atoms with Gasteiger partial charge in [-0.2, -0.15) is 0 Å². The molecule has 0 saturated carbocycles. The Hall–Kier alpha value is -4.80. The highest BCUT2D eigenvalue weighted by molar-refractivity contribution is 5.73. The van der Waals surface area contributed by atoms with Gasteiger partial charge >= 0.3 is 0 Å². The lowest BCUT2D eigenvalue weighted by Crippen LogP contribution is -2.17. The second kappa shape index (κ2) is 16.2. The molecule has 10 nitrogen and oxygen atoms in total. The molecule has 0 spiro atoms. The van der Waals surface area contributed by atoms with Gasteiger partial charge in [0, 0.05) is 51.4 Å². The van der Waals surface area contributed by atoms with Crippen LogP contribution < -0.4 is 20.5 Å². The van der Waals surface area contributed by atoms with Crippen LogP contribution in [0.1, 0.15) is 42.0 Å². The van der Waals surface area contributed by atoms with E-state index in [-0.39, 0.29) is 0 Å². The van der Waals surface area contributed by atoms with Crippen LogP contribution in [0.4, 0.5) is 0 Å². The summed E-state index contributed by atoms with van der Waals surface area (Å²) in [5.41, 5.74) is 11.9. The molecule has 0 aliphatic carbocycles. The summed E-state index contributed by atoms with van der Waals surface area (Å²) in [6.07, 6.45) is 8.19. The maximum atomic E-state index is 5.94. The van der Waals surface area contributed by atoms with Crippen molar-refractivity contribution < 1.29 is 9.47 Å². The number of fused-ring (bicyclic) bond motifs is 2. The van der Waals surface area contributed by atoms with Crippen molar-refractivity contribution in [2.45, 2.75) is 58.7 Å². The number of pyridine rings is 2. The SMILES string of the molecule is Cc1cnc2c(c1)nc(CCCOc1ccccc1)n2CCCNCc1cnc2c(c1)nc(CCCOc1ccccc1)n2CCN. The molecular weight excluding hydrogens is 588 g/mol. The highest BCUT2D eigenvalue weighted by Crippen LogP contribution is 2.19. The van der Waals surface area contributed by atoms with Crippen molar-refractivity contribution in [1.82, 2.24) is 34.4 Å². The molecule has 0 atom stereocenters. The Morgan fingerprint density at radius 3 is 1.89 bits per heavy atom. The molecule has 244 valence electrons. The number of aryl methyl sites for hydroxylation is 4. The average molecular weight is 633 g/mol. The van der Waals surface area contributed by atoms with Crippen molar-refractivity contribution in [2.24, 2.45) is 5.73 Å². The maximum Gasteiger partial charge on any atom is 0.160 e. The van der Waals surface area contributed by atoms with Gasteiger partial charge in [0.1, 0.15) is 34.2 Å². The van der Waals surface area contributed by atoms with Crippen molar-refractivity contribution in [1.29, 1.82) is 0 Å². The predicted molar refractivity (Wildman–Crippen MR) is 186 cm³/mol. The van der Waals surface area contributed by atoms with Gasteiger partial charge in [-0.15, -0.1) is 0 Å². The number of para-hydroxylation sites is 2. The fourth-order valence-corrected chi connectivity index (χ4v) is 5.80. The Morgan fingerprint density at radius 2 is 1.28 bits per heavy atom. The highest BCUT2D eigenvalue weighted by Gasteiger charge is 2.14. The van der Waals surface area contributed by atoms with Crippen LogP contribution in [0.15, 0.2) is 85.2 Å². The molecule has 0 bridgehead atoms. The lowest BCUT2D eigenvalue weighted by Gasteiger charge is -2.10. The van der Waals surface area contributed by atoms with Gasteiger partial charge in [-0.3, -0.25) is 0 Å². The van der Waals surface area contributed by atoms with Gasteiger partial charge < -0.3 is 29.7 Å². The van der Waals surface area contributed by atoms with Gasteiger partial charge in [-0.05, 0) is 80.3 Å². The van der Waals surface area contributed by atoms with Gasteiger partial charge in [0.15, 0.2) is 11.3 Å². The molecule has 0 saturated heterocycles. The van der Waals surface area contributed by atoms with E-state index in [1.54, 1.807) is 0 Å². The molecule has 6 aromatic rings. The zero-order chi connectivity index (χ0) is 32.3. The number of hydrogen-bond donors (Lipinski definition) is 2. The van der Waals surface area contributed by atoms with Gasteiger partial charge in [-0.1, -0.05) is 36.4 Å². The Balaban J connectivity index is 1.01. The van der Waals surface area contributed by atoms with Crippen LogP contribution in [-0.2, 0) is 32.5 Å². The van der Waals surface area contributed by atoms with E-state index in [0.717, 1.165) is 108 Å². The molecule has 0 fully saturated rings.